The first-order chi connectivity index (χ1) is 20.4. The van der Waals surface area contributed by atoms with E-state index in [2.05, 4.69) is 15.6 Å². The third kappa shape index (κ3) is 6.71. The van der Waals surface area contributed by atoms with Crippen molar-refractivity contribution in [2.75, 3.05) is 6.54 Å². The third-order valence-corrected chi connectivity index (χ3v) is 8.03. The van der Waals surface area contributed by atoms with Gasteiger partial charge in [-0.3, -0.25) is 14.4 Å². The molecule has 4 aromatic rings. The van der Waals surface area contributed by atoms with Gasteiger partial charge in [0.05, 0.1) is 19.0 Å². The summed E-state index contributed by atoms with van der Waals surface area (Å²) in [7, 11) is 0. The summed E-state index contributed by atoms with van der Waals surface area (Å²) in [5.41, 5.74) is 10.5. The van der Waals surface area contributed by atoms with Crippen molar-refractivity contribution < 1.29 is 14.4 Å². The van der Waals surface area contributed by atoms with E-state index >= 15 is 0 Å². The molecule has 5 N–H and O–H groups in total. The number of H-pyrrole nitrogens is 1. The smallest absolute Gasteiger partial charge is 0.246 e. The number of para-hydroxylation sites is 1. The van der Waals surface area contributed by atoms with Gasteiger partial charge in [-0.25, -0.2) is 0 Å². The molecule has 42 heavy (non-hydrogen) atoms. The largest absolute Gasteiger partial charge is 0.357 e. The molecular formula is C34H39N5O3. The monoisotopic (exact) mass is 565 g/mol. The summed E-state index contributed by atoms with van der Waals surface area (Å²) in [5.74, 6) is -0.708. The third-order valence-electron chi connectivity index (χ3n) is 8.03. The number of hydrogen-bond donors (Lipinski definition) is 4. The Kier molecular flexibility index (Phi) is 9.34. The molecule has 8 nitrogen and oxygen atoms in total. The first kappa shape index (κ1) is 29.1. The van der Waals surface area contributed by atoms with Gasteiger partial charge in [-0.15, -0.1) is 0 Å². The van der Waals surface area contributed by atoms with Crippen molar-refractivity contribution in [2.24, 2.45) is 5.73 Å². The van der Waals surface area contributed by atoms with E-state index in [0.29, 0.717) is 25.8 Å². The van der Waals surface area contributed by atoms with Gasteiger partial charge in [0.2, 0.25) is 17.7 Å². The zero-order chi connectivity index (χ0) is 29.5. The summed E-state index contributed by atoms with van der Waals surface area (Å²) in [6.45, 7) is 2.69. The molecule has 0 saturated heterocycles. The van der Waals surface area contributed by atoms with Crippen molar-refractivity contribution in [3.8, 4) is 0 Å². The number of nitrogens with two attached hydrogens (primary N) is 1. The molecule has 2 heterocycles. The van der Waals surface area contributed by atoms with Crippen LogP contribution in [0.4, 0.5) is 0 Å². The Morgan fingerprint density at radius 1 is 0.976 bits per heavy atom. The van der Waals surface area contributed by atoms with Crippen molar-refractivity contribution in [2.45, 2.75) is 63.7 Å². The van der Waals surface area contributed by atoms with E-state index in [0.717, 1.165) is 39.7 Å². The second-order valence-corrected chi connectivity index (χ2v) is 11.0. The van der Waals surface area contributed by atoms with E-state index < -0.39 is 12.1 Å². The SMILES string of the molecule is C[C@@H](NC(=O)[C@H](CCCCN)N1Cc2[nH]c3ccccc3c2C[C@@H](NC(=O)Cc2ccccc2)C1=O)c1ccccc1. The molecule has 5 rings (SSSR count). The van der Waals surface area contributed by atoms with Gasteiger partial charge in [0.25, 0.3) is 0 Å². The van der Waals surface area contributed by atoms with Crippen LogP contribution in [0.3, 0.4) is 0 Å². The summed E-state index contributed by atoms with van der Waals surface area (Å²) in [5, 5.41) is 7.17. The van der Waals surface area contributed by atoms with Crippen molar-refractivity contribution >= 4 is 28.6 Å². The topological polar surface area (TPSA) is 120 Å². The van der Waals surface area contributed by atoms with Crippen molar-refractivity contribution in [3.63, 3.8) is 0 Å². The summed E-state index contributed by atoms with van der Waals surface area (Å²) in [6, 6.07) is 25.4. The van der Waals surface area contributed by atoms with Crippen LogP contribution in [0.15, 0.2) is 84.9 Å². The van der Waals surface area contributed by atoms with Crippen molar-refractivity contribution in [3.05, 3.63) is 107 Å². The molecule has 0 bridgehead atoms. The second kappa shape index (κ2) is 13.5. The summed E-state index contributed by atoms with van der Waals surface area (Å²) in [4.78, 5) is 46.5. The predicted octanol–water partition coefficient (Wildman–Crippen LogP) is 4.16. The number of fused-ring (bicyclic) bond motifs is 3. The van der Waals surface area contributed by atoms with Crippen LogP contribution in [-0.2, 0) is 33.8 Å². The maximum Gasteiger partial charge on any atom is 0.246 e. The second-order valence-electron chi connectivity index (χ2n) is 11.0. The van der Waals surface area contributed by atoms with Crippen LogP contribution in [0.25, 0.3) is 10.9 Å². The number of benzene rings is 3. The van der Waals surface area contributed by atoms with Crippen LogP contribution in [0.5, 0.6) is 0 Å². The lowest BCUT2D eigenvalue weighted by Gasteiger charge is -2.33. The lowest BCUT2D eigenvalue weighted by atomic mass is 10.0. The van der Waals surface area contributed by atoms with Gasteiger partial charge in [-0.2, -0.15) is 0 Å². The van der Waals surface area contributed by atoms with Gasteiger partial charge >= 0.3 is 0 Å². The zero-order valence-corrected chi connectivity index (χ0v) is 24.0. The molecule has 0 unspecified atom stereocenters. The highest BCUT2D eigenvalue weighted by molar-refractivity contribution is 5.95. The van der Waals surface area contributed by atoms with Crippen LogP contribution in [0.2, 0.25) is 0 Å². The lowest BCUT2D eigenvalue weighted by Crippen LogP contribution is -2.55. The Bertz CT molecular complexity index is 1520. The Morgan fingerprint density at radius 2 is 1.67 bits per heavy atom. The fourth-order valence-electron chi connectivity index (χ4n) is 5.81. The van der Waals surface area contributed by atoms with E-state index in [1.807, 2.05) is 91.9 Å². The number of unbranched alkanes of at least 4 members (excludes halogenated alkanes) is 1. The highest BCUT2D eigenvalue weighted by Crippen LogP contribution is 2.30. The molecule has 1 aliphatic heterocycles. The van der Waals surface area contributed by atoms with Gasteiger partial charge in [0, 0.05) is 23.0 Å². The number of rotatable bonds is 11. The molecule has 0 spiro atoms. The molecule has 0 radical (unpaired) electrons. The first-order valence-electron chi connectivity index (χ1n) is 14.7. The average Bonchev–Trinajstić information content (AvgIpc) is 3.29. The number of amides is 3. The van der Waals surface area contributed by atoms with Crippen molar-refractivity contribution in [1.29, 1.82) is 0 Å². The molecule has 218 valence electrons. The normalized spacial score (nSPS) is 16.4. The van der Waals surface area contributed by atoms with Crippen LogP contribution in [0.1, 0.15) is 54.6 Å². The fourth-order valence-corrected chi connectivity index (χ4v) is 5.81. The molecule has 0 fully saturated rings. The molecule has 0 aliphatic carbocycles. The number of hydrogen-bond acceptors (Lipinski definition) is 4. The number of nitrogens with one attached hydrogen (secondary N) is 3. The average molecular weight is 566 g/mol. The Balaban J connectivity index is 1.46. The van der Waals surface area contributed by atoms with E-state index in [4.69, 9.17) is 5.73 Å². The highest BCUT2D eigenvalue weighted by atomic mass is 16.2. The molecule has 1 aliphatic rings. The number of aromatic nitrogens is 1. The Hall–Kier alpha value is -4.43. The summed E-state index contributed by atoms with van der Waals surface area (Å²) >= 11 is 0. The summed E-state index contributed by atoms with van der Waals surface area (Å²) < 4.78 is 0. The Morgan fingerprint density at radius 3 is 2.40 bits per heavy atom. The molecular weight excluding hydrogens is 526 g/mol. The molecule has 1 aromatic heterocycles. The molecule has 3 aromatic carbocycles. The first-order valence-corrected chi connectivity index (χ1v) is 14.7. The highest BCUT2D eigenvalue weighted by Gasteiger charge is 2.38. The van der Waals surface area contributed by atoms with Crippen LogP contribution in [-0.4, -0.2) is 46.2 Å². The maximum absolute atomic E-state index is 14.3. The Labute approximate surface area is 246 Å². The summed E-state index contributed by atoms with van der Waals surface area (Å²) in [6.07, 6.45) is 2.42. The number of carbonyl (C=O) groups excluding carboxylic acids is 3. The van der Waals surface area contributed by atoms with E-state index in [-0.39, 0.29) is 36.7 Å². The zero-order valence-electron chi connectivity index (χ0n) is 24.0. The van der Waals surface area contributed by atoms with Gasteiger partial charge in [0.1, 0.15) is 12.1 Å². The van der Waals surface area contributed by atoms with E-state index in [1.165, 1.54) is 0 Å². The van der Waals surface area contributed by atoms with Gasteiger partial charge in [-0.05, 0) is 55.5 Å². The van der Waals surface area contributed by atoms with Gasteiger partial charge < -0.3 is 26.3 Å². The molecule has 3 atom stereocenters. The molecule has 3 amide bonds. The number of carbonyl (C=O) groups is 3. The van der Waals surface area contributed by atoms with E-state index in [1.54, 1.807) is 4.90 Å². The molecule has 8 heteroatoms. The lowest BCUT2D eigenvalue weighted by molar-refractivity contribution is -0.144. The van der Waals surface area contributed by atoms with E-state index in [9.17, 15) is 14.4 Å². The minimum Gasteiger partial charge on any atom is -0.357 e. The van der Waals surface area contributed by atoms with Crippen LogP contribution < -0.4 is 16.4 Å². The van der Waals surface area contributed by atoms with Crippen molar-refractivity contribution in [1.82, 2.24) is 20.5 Å². The standard InChI is InChI=1S/C34H39N5O3/c1-23(25-14-6-3-7-15-25)36-33(41)31(18-10-11-19-35)39-22-30-27(26-16-8-9-17-28(26)37-30)21-29(34(39)42)38-32(40)20-24-12-4-2-5-13-24/h2-9,12-17,23,29,31,37H,10-11,18-22,35H2,1H3,(H,36,41)(H,38,40)/t23-,29-,31+/m1/s1. The number of aromatic amines is 1. The minimum atomic E-state index is -0.807. The minimum absolute atomic E-state index is 0.167. The van der Waals surface area contributed by atoms with Crippen LogP contribution in [0, 0.1) is 0 Å². The quantitative estimate of drug-likeness (QED) is 0.204. The van der Waals surface area contributed by atoms with Gasteiger partial charge in [-0.1, -0.05) is 78.9 Å². The maximum atomic E-state index is 14.3. The number of nitrogens with zero attached hydrogens (tertiary/aromatic N) is 1. The van der Waals surface area contributed by atoms with Gasteiger partial charge in [0.15, 0.2) is 0 Å². The molecule has 0 saturated carbocycles. The van der Waals surface area contributed by atoms with Crippen LogP contribution >= 0.6 is 0 Å². The fraction of sp³-hybridized carbons (Fsp3) is 0.324. The predicted molar refractivity (Wildman–Crippen MR) is 164 cm³/mol.